The van der Waals surface area contributed by atoms with Crippen LogP contribution in [0.5, 0.6) is 0 Å². The Morgan fingerprint density at radius 3 is 2.88 bits per heavy atom. The Bertz CT molecular complexity index is 398. The minimum Gasteiger partial charge on any atom is -0.478 e. The Kier molecular flexibility index (Phi) is 5.18. The van der Waals surface area contributed by atoms with Gasteiger partial charge in [0.15, 0.2) is 0 Å². The zero-order chi connectivity index (χ0) is 12.8. The number of pyridine rings is 1. The summed E-state index contributed by atoms with van der Waals surface area (Å²) >= 11 is 5.74. The van der Waals surface area contributed by atoms with Crippen LogP contribution in [0.4, 0.5) is 5.82 Å². The van der Waals surface area contributed by atoms with Gasteiger partial charge in [-0.1, -0.05) is 18.5 Å². The van der Waals surface area contributed by atoms with Crippen molar-refractivity contribution in [1.82, 2.24) is 9.88 Å². The smallest absolute Gasteiger partial charge is 0.335 e. The van der Waals surface area contributed by atoms with Crippen molar-refractivity contribution in [3.63, 3.8) is 0 Å². The van der Waals surface area contributed by atoms with Crippen molar-refractivity contribution in [1.29, 1.82) is 0 Å². The number of anilines is 1. The Hall–Kier alpha value is -1.33. The highest BCUT2D eigenvalue weighted by Crippen LogP contribution is 2.14. The van der Waals surface area contributed by atoms with Gasteiger partial charge in [-0.2, -0.15) is 0 Å². The van der Waals surface area contributed by atoms with E-state index in [-0.39, 0.29) is 10.7 Å². The van der Waals surface area contributed by atoms with Crippen LogP contribution in [0, 0.1) is 0 Å². The molecular formula is C11H16ClN3O2. The predicted molar refractivity (Wildman–Crippen MR) is 67.9 cm³/mol. The van der Waals surface area contributed by atoms with E-state index in [2.05, 4.69) is 22.1 Å². The number of nitrogens with one attached hydrogen (secondary N) is 1. The van der Waals surface area contributed by atoms with Gasteiger partial charge in [0.25, 0.3) is 0 Å². The quantitative estimate of drug-likeness (QED) is 0.761. The molecule has 1 aromatic heterocycles. The molecule has 0 aliphatic heterocycles. The van der Waals surface area contributed by atoms with Crippen molar-refractivity contribution in [3.8, 4) is 0 Å². The van der Waals surface area contributed by atoms with Crippen molar-refractivity contribution in [2.24, 2.45) is 0 Å². The number of carboxylic acids is 1. The van der Waals surface area contributed by atoms with Crippen LogP contribution in [0.25, 0.3) is 0 Å². The van der Waals surface area contributed by atoms with E-state index in [9.17, 15) is 4.79 Å². The number of aromatic carboxylic acids is 1. The first-order chi connectivity index (χ1) is 8.02. The average molecular weight is 258 g/mol. The summed E-state index contributed by atoms with van der Waals surface area (Å²) in [4.78, 5) is 17.0. The second-order valence-corrected chi connectivity index (χ2v) is 4.08. The minimum atomic E-state index is -1.01. The van der Waals surface area contributed by atoms with E-state index in [1.54, 1.807) is 0 Å². The Morgan fingerprint density at radius 2 is 2.29 bits per heavy atom. The molecule has 17 heavy (non-hydrogen) atoms. The topological polar surface area (TPSA) is 65.5 Å². The highest BCUT2D eigenvalue weighted by Gasteiger charge is 2.07. The number of hydrogen-bond donors (Lipinski definition) is 2. The molecule has 5 nitrogen and oxygen atoms in total. The van der Waals surface area contributed by atoms with Gasteiger partial charge in [-0.25, -0.2) is 9.78 Å². The summed E-state index contributed by atoms with van der Waals surface area (Å²) < 4.78 is 0. The first kappa shape index (κ1) is 13.7. The Labute approximate surface area is 105 Å². The highest BCUT2D eigenvalue weighted by molar-refractivity contribution is 6.29. The molecule has 0 aliphatic carbocycles. The summed E-state index contributed by atoms with van der Waals surface area (Å²) in [6.07, 6.45) is 0. The zero-order valence-corrected chi connectivity index (χ0v) is 10.7. The number of carboxylic acid groups (broad SMARTS) is 1. The average Bonchev–Trinajstić information content (AvgIpc) is 2.28. The van der Waals surface area contributed by atoms with E-state index in [4.69, 9.17) is 16.7 Å². The van der Waals surface area contributed by atoms with Crippen LogP contribution in [-0.2, 0) is 0 Å². The highest BCUT2D eigenvalue weighted by atomic mass is 35.5. The first-order valence-corrected chi connectivity index (χ1v) is 5.74. The standard InChI is InChI=1S/C11H16ClN3O2/c1-3-15(2)5-4-13-10-7-8(11(16)17)6-9(12)14-10/h6-7H,3-5H2,1-2H3,(H,13,14)(H,16,17). The zero-order valence-electron chi connectivity index (χ0n) is 9.90. The maximum absolute atomic E-state index is 10.8. The largest absolute Gasteiger partial charge is 0.478 e. The van der Waals surface area contributed by atoms with E-state index in [0.717, 1.165) is 13.1 Å². The van der Waals surface area contributed by atoms with Crippen molar-refractivity contribution in [3.05, 3.63) is 22.8 Å². The predicted octanol–water partition coefficient (Wildman–Crippen LogP) is 1.80. The third kappa shape index (κ3) is 4.58. The van der Waals surface area contributed by atoms with Crippen molar-refractivity contribution in [2.45, 2.75) is 6.92 Å². The Balaban J connectivity index is 2.62. The van der Waals surface area contributed by atoms with Gasteiger partial charge in [-0.3, -0.25) is 0 Å². The maximum atomic E-state index is 10.8. The van der Waals surface area contributed by atoms with E-state index in [1.807, 2.05) is 7.05 Å². The van der Waals surface area contributed by atoms with Crippen LogP contribution in [0.1, 0.15) is 17.3 Å². The molecule has 0 saturated heterocycles. The van der Waals surface area contributed by atoms with Crippen molar-refractivity contribution in [2.75, 3.05) is 32.0 Å². The molecular weight excluding hydrogens is 242 g/mol. The fraction of sp³-hybridized carbons (Fsp3) is 0.455. The molecule has 0 radical (unpaired) electrons. The number of rotatable bonds is 6. The summed E-state index contributed by atoms with van der Waals surface area (Å²) in [6.45, 7) is 4.58. The van der Waals surface area contributed by atoms with Gasteiger partial charge in [0.05, 0.1) is 5.56 Å². The Morgan fingerprint density at radius 1 is 1.59 bits per heavy atom. The van der Waals surface area contributed by atoms with E-state index >= 15 is 0 Å². The van der Waals surface area contributed by atoms with Crippen LogP contribution in [-0.4, -0.2) is 47.6 Å². The SMILES string of the molecule is CCN(C)CCNc1cc(C(=O)O)cc(Cl)n1. The van der Waals surface area contributed by atoms with Gasteiger partial charge < -0.3 is 15.3 Å². The molecule has 6 heteroatoms. The molecule has 0 amide bonds. The number of hydrogen-bond acceptors (Lipinski definition) is 4. The fourth-order valence-electron chi connectivity index (χ4n) is 1.24. The van der Waals surface area contributed by atoms with Crippen molar-refractivity contribution < 1.29 is 9.90 Å². The van der Waals surface area contributed by atoms with Gasteiger partial charge in [-0.05, 0) is 25.7 Å². The normalized spacial score (nSPS) is 10.6. The van der Waals surface area contributed by atoms with Gasteiger partial charge in [0, 0.05) is 13.1 Å². The summed E-state index contributed by atoms with van der Waals surface area (Å²) in [5.41, 5.74) is 0.136. The number of halogens is 1. The number of aromatic nitrogens is 1. The molecule has 1 aromatic rings. The van der Waals surface area contributed by atoms with Crippen LogP contribution >= 0.6 is 11.6 Å². The number of likely N-dealkylation sites (N-methyl/N-ethyl adjacent to an activating group) is 1. The van der Waals surface area contributed by atoms with E-state index in [1.165, 1.54) is 12.1 Å². The summed E-state index contributed by atoms with van der Waals surface area (Å²) in [5.74, 6) is -0.526. The summed E-state index contributed by atoms with van der Waals surface area (Å²) in [6, 6.07) is 2.80. The third-order valence-corrected chi connectivity index (χ3v) is 2.57. The number of nitrogens with zero attached hydrogens (tertiary/aromatic N) is 2. The molecule has 0 aliphatic rings. The molecule has 1 heterocycles. The molecule has 94 valence electrons. The molecule has 0 bridgehead atoms. The molecule has 2 N–H and O–H groups in total. The first-order valence-electron chi connectivity index (χ1n) is 5.36. The van der Waals surface area contributed by atoms with Crippen LogP contribution in [0.3, 0.4) is 0 Å². The molecule has 0 atom stereocenters. The fourth-order valence-corrected chi connectivity index (χ4v) is 1.45. The van der Waals surface area contributed by atoms with Crippen LogP contribution < -0.4 is 5.32 Å². The molecule has 0 fully saturated rings. The molecule has 0 aromatic carbocycles. The second kappa shape index (κ2) is 6.42. The number of carbonyl (C=O) groups is 1. The van der Waals surface area contributed by atoms with Crippen LogP contribution in [0.2, 0.25) is 5.15 Å². The molecule has 1 rings (SSSR count). The van der Waals surface area contributed by atoms with Crippen LogP contribution in [0.15, 0.2) is 12.1 Å². The summed E-state index contributed by atoms with van der Waals surface area (Å²) in [7, 11) is 2.01. The van der Waals surface area contributed by atoms with Gasteiger partial charge in [0.1, 0.15) is 11.0 Å². The molecule has 0 spiro atoms. The van der Waals surface area contributed by atoms with E-state index < -0.39 is 5.97 Å². The monoisotopic (exact) mass is 257 g/mol. The van der Waals surface area contributed by atoms with Crippen molar-refractivity contribution >= 4 is 23.4 Å². The lowest BCUT2D eigenvalue weighted by Gasteiger charge is -2.14. The second-order valence-electron chi connectivity index (χ2n) is 3.69. The minimum absolute atomic E-state index is 0.136. The lowest BCUT2D eigenvalue weighted by Crippen LogP contribution is -2.25. The molecule has 0 saturated carbocycles. The lowest BCUT2D eigenvalue weighted by molar-refractivity contribution is 0.0697. The third-order valence-electron chi connectivity index (χ3n) is 2.38. The summed E-state index contributed by atoms with van der Waals surface area (Å²) in [5, 5.41) is 12.1. The van der Waals surface area contributed by atoms with Gasteiger partial charge in [0.2, 0.25) is 0 Å². The van der Waals surface area contributed by atoms with Gasteiger partial charge >= 0.3 is 5.97 Å². The lowest BCUT2D eigenvalue weighted by atomic mass is 10.2. The van der Waals surface area contributed by atoms with Gasteiger partial charge in [-0.15, -0.1) is 0 Å². The van der Waals surface area contributed by atoms with E-state index in [0.29, 0.717) is 12.4 Å². The maximum Gasteiger partial charge on any atom is 0.335 e. The molecule has 0 unspecified atom stereocenters.